The minimum absolute atomic E-state index is 0.199. The zero-order valence-electron chi connectivity index (χ0n) is 24.5. The standard InChI is InChI=1S/C28H35N3O12/c1-6-7-12-37-27(36)20-8-10-22(11-9-20)31-13-21(29-30-31)14-39-28-26(42-19(5)35)25(41-18(4)34)24(40-17(3)33)23(43-28)15-38-16(2)32/h8-11,13,23-26,28H,6-7,12,14-15H2,1-5H3/t23-,24-,25+,26+,28+/m1/s1. The van der Waals surface area contributed by atoms with Crippen LogP contribution in [0.15, 0.2) is 30.5 Å². The number of carbonyl (C=O) groups excluding carboxylic acids is 5. The van der Waals surface area contributed by atoms with E-state index in [9.17, 15) is 24.0 Å². The fourth-order valence-corrected chi connectivity index (χ4v) is 4.12. The molecule has 1 saturated heterocycles. The second-order valence-electron chi connectivity index (χ2n) is 9.57. The van der Waals surface area contributed by atoms with Crippen molar-refractivity contribution in [1.29, 1.82) is 0 Å². The maximum atomic E-state index is 12.2. The molecular weight excluding hydrogens is 570 g/mol. The molecular formula is C28H35N3O12. The normalized spacial score (nSPS) is 21.4. The van der Waals surface area contributed by atoms with Gasteiger partial charge in [0.1, 0.15) is 18.4 Å². The Labute approximate surface area is 247 Å². The highest BCUT2D eigenvalue weighted by molar-refractivity contribution is 5.89. The van der Waals surface area contributed by atoms with Gasteiger partial charge in [0.05, 0.1) is 30.7 Å². The van der Waals surface area contributed by atoms with Gasteiger partial charge in [-0.2, -0.15) is 0 Å². The second kappa shape index (κ2) is 15.7. The SMILES string of the molecule is CCCCOC(=O)c1ccc(-n2cc(CO[C@H]3O[C@H](COC(C)=O)[C@@H](OC(C)=O)[C@H](OC(C)=O)[C@@H]3OC(C)=O)nn2)cc1. The highest BCUT2D eigenvalue weighted by Gasteiger charge is 2.52. The maximum absolute atomic E-state index is 12.2. The Balaban J connectivity index is 1.78. The molecule has 0 unspecified atom stereocenters. The first-order chi connectivity index (χ1) is 20.5. The van der Waals surface area contributed by atoms with Crippen LogP contribution in [0, 0.1) is 0 Å². The average molecular weight is 606 g/mol. The van der Waals surface area contributed by atoms with Crippen LogP contribution < -0.4 is 0 Å². The first kappa shape index (κ1) is 33.1. The summed E-state index contributed by atoms with van der Waals surface area (Å²) in [5.41, 5.74) is 1.35. The number of esters is 5. The van der Waals surface area contributed by atoms with Gasteiger partial charge in [-0.05, 0) is 30.7 Å². The maximum Gasteiger partial charge on any atom is 0.338 e. The summed E-state index contributed by atoms with van der Waals surface area (Å²) in [6, 6.07) is 6.57. The molecule has 1 aromatic carbocycles. The molecule has 1 aromatic heterocycles. The summed E-state index contributed by atoms with van der Waals surface area (Å²) in [5, 5.41) is 8.16. The van der Waals surface area contributed by atoms with Crippen molar-refractivity contribution >= 4 is 29.8 Å². The van der Waals surface area contributed by atoms with Gasteiger partial charge < -0.3 is 33.2 Å². The van der Waals surface area contributed by atoms with Crippen LogP contribution in [-0.2, 0) is 58.9 Å². The Hall–Kier alpha value is -4.37. The van der Waals surface area contributed by atoms with E-state index in [-0.39, 0.29) is 13.2 Å². The number of hydrogen-bond acceptors (Lipinski definition) is 14. The molecule has 1 aliphatic rings. The Morgan fingerprint density at radius 2 is 1.47 bits per heavy atom. The van der Waals surface area contributed by atoms with Crippen molar-refractivity contribution in [3.05, 3.63) is 41.7 Å². The lowest BCUT2D eigenvalue weighted by Gasteiger charge is -2.43. The van der Waals surface area contributed by atoms with Gasteiger partial charge in [-0.15, -0.1) is 5.10 Å². The molecule has 0 bridgehead atoms. The summed E-state index contributed by atoms with van der Waals surface area (Å²) < 4.78 is 39.6. The van der Waals surface area contributed by atoms with Crippen molar-refractivity contribution in [2.75, 3.05) is 13.2 Å². The lowest BCUT2D eigenvalue weighted by Crippen LogP contribution is -2.62. The molecule has 15 heteroatoms. The summed E-state index contributed by atoms with van der Waals surface area (Å²) in [5.74, 6) is -3.29. The Bertz CT molecular complexity index is 1280. The number of nitrogens with zero attached hydrogens (tertiary/aromatic N) is 3. The van der Waals surface area contributed by atoms with Crippen LogP contribution >= 0.6 is 0 Å². The zero-order chi connectivity index (χ0) is 31.5. The van der Waals surface area contributed by atoms with Crippen LogP contribution in [-0.4, -0.2) is 88.8 Å². The van der Waals surface area contributed by atoms with Crippen LogP contribution in [0.1, 0.15) is 63.5 Å². The van der Waals surface area contributed by atoms with E-state index in [1.807, 2.05) is 6.92 Å². The van der Waals surface area contributed by atoms with Gasteiger partial charge in [0.15, 0.2) is 24.6 Å². The third-order valence-corrected chi connectivity index (χ3v) is 5.98. The highest BCUT2D eigenvalue weighted by atomic mass is 16.7. The van der Waals surface area contributed by atoms with Crippen molar-refractivity contribution in [2.45, 2.75) is 84.8 Å². The van der Waals surface area contributed by atoms with Crippen molar-refractivity contribution in [3.8, 4) is 5.69 Å². The fraction of sp³-hybridized carbons (Fsp3) is 0.536. The number of unbranched alkanes of at least 4 members (excludes halogenated alkanes) is 1. The number of aromatic nitrogens is 3. The molecule has 0 spiro atoms. The monoisotopic (exact) mass is 605 g/mol. The minimum Gasteiger partial charge on any atom is -0.463 e. The third-order valence-electron chi connectivity index (χ3n) is 5.98. The molecule has 2 heterocycles. The van der Waals surface area contributed by atoms with Crippen molar-refractivity contribution < 1.29 is 57.1 Å². The first-order valence-electron chi connectivity index (χ1n) is 13.6. The van der Waals surface area contributed by atoms with Crippen molar-refractivity contribution in [2.24, 2.45) is 0 Å². The van der Waals surface area contributed by atoms with Crippen LogP contribution in [0.2, 0.25) is 0 Å². The zero-order valence-corrected chi connectivity index (χ0v) is 24.5. The van der Waals surface area contributed by atoms with Gasteiger partial charge in [0, 0.05) is 27.7 Å². The lowest BCUT2D eigenvalue weighted by atomic mass is 9.98. The number of carbonyl (C=O) groups is 5. The Morgan fingerprint density at radius 3 is 2.07 bits per heavy atom. The molecule has 15 nitrogen and oxygen atoms in total. The summed E-state index contributed by atoms with van der Waals surface area (Å²) in [7, 11) is 0. The minimum atomic E-state index is -1.36. The summed E-state index contributed by atoms with van der Waals surface area (Å²) in [6.45, 7) is 6.35. The van der Waals surface area contributed by atoms with E-state index in [4.69, 9.17) is 33.2 Å². The van der Waals surface area contributed by atoms with Crippen molar-refractivity contribution in [3.63, 3.8) is 0 Å². The molecule has 1 aliphatic heterocycles. The van der Waals surface area contributed by atoms with Crippen LogP contribution in [0.5, 0.6) is 0 Å². The smallest absolute Gasteiger partial charge is 0.338 e. The van der Waals surface area contributed by atoms with Gasteiger partial charge in [0.2, 0.25) is 0 Å². The van der Waals surface area contributed by atoms with Gasteiger partial charge in [0.25, 0.3) is 0 Å². The van der Waals surface area contributed by atoms with Crippen molar-refractivity contribution in [1.82, 2.24) is 15.0 Å². The summed E-state index contributed by atoms with van der Waals surface area (Å²) in [6.07, 6.45) is -3.24. The van der Waals surface area contributed by atoms with Gasteiger partial charge in [-0.1, -0.05) is 18.6 Å². The molecule has 2 aromatic rings. The van der Waals surface area contributed by atoms with Crippen LogP contribution in [0.25, 0.3) is 5.69 Å². The first-order valence-corrected chi connectivity index (χ1v) is 13.6. The van der Waals surface area contributed by atoms with Gasteiger partial charge >= 0.3 is 29.8 Å². The van der Waals surface area contributed by atoms with Crippen LogP contribution in [0.3, 0.4) is 0 Å². The molecule has 0 saturated carbocycles. The van der Waals surface area contributed by atoms with E-state index >= 15 is 0 Å². The van der Waals surface area contributed by atoms with E-state index in [1.165, 1.54) is 11.6 Å². The quantitative estimate of drug-likeness (QED) is 0.183. The van der Waals surface area contributed by atoms with Gasteiger partial charge in [-0.3, -0.25) is 19.2 Å². The number of ether oxygens (including phenoxy) is 7. The van der Waals surface area contributed by atoms with Crippen LogP contribution in [0.4, 0.5) is 0 Å². The predicted molar refractivity (Wildman–Crippen MR) is 143 cm³/mol. The number of hydrogen-bond donors (Lipinski definition) is 0. The average Bonchev–Trinajstić information content (AvgIpc) is 3.42. The topological polar surface area (TPSA) is 181 Å². The molecule has 0 amide bonds. The molecule has 234 valence electrons. The van der Waals surface area contributed by atoms with E-state index in [0.29, 0.717) is 23.6 Å². The number of benzene rings is 1. The second-order valence-corrected chi connectivity index (χ2v) is 9.57. The van der Waals surface area contributed by atoms with E-state index in [2.05, 4.69) is 10.3 Å². The molecule has 43 heavy (non-hydrogen) atoms. The largest absolute Gasteiger partial charge is 0.463 e. The molecule has 0 radical (unpaired) electrons. The Kier molecular flexibility index (Phi) is 12.1. The Morgan fingerprint density at radius 1 is 0.837 bits per heavy atom. The summed E-state index contributed by atoms with van der Waals surface area (Å²) in [4.78, 5) is 59.5. The molecule has 3 rings (SSSR count). The van der Waals surface area contributed by atoms with E-state index in [0.717, 1.165) is 33.6 Å². The van der Waals surface area contributed by atoms with E-state index in [1.54, 1.807) is 30.5 Å². The molecule has 0 aliphatic carbocycles. The predicted octanol–water partition coefficient (Wildman–Crippen LogP) is 1.82. The fourth-order valence-electron chi connectivity index (χ4n) is 4.12. The lowest BCUT2D eigenvalue weighted by molar-refractivity contribution is -0.310. The number of rotatable bonds is 13. The molecule has 5 atom stereocenters. The highest BCUT2D eigenvalue weighted by Crippen LogP contribution is 2.30. The van der Waals surface area contributed by atoms with Gasteiger partial charge in [-0.25, -0.2) is 9.48 Å². The summed E-state index contributed by atoms with van der Waals surface area (Å²) >= 11 is 0. The molecule has 1 fully saturated rings. The van der Waals surface area contributed by atoms with E-state index < -0.39 is 60.6 Å². The third kappa shape index (κ3) is 9.85. The molecule has 0 N–H and O–H groups in total.